The molecule has 1 N–H and O–H groups in total. The van der Waals surface area contributed by atoms with E-state index in [1.54, 1.807) is 0 Å². The van der Waals surface area contributed by atoms with Crippen molar-refractivity contribution in [1.29, 1.82) is 0 Å². The summed E-state index contributed by atoms with van der Waals surface area (Å²) in [5.74, 6) is -0.0822. The lowest BCUT2D eigenvalue weighted by molar-refractivity contribution is 0.101. The van der Waals surface area contributed by atoms with Gasteiger partial charge in [-0.05, 0) is 53.0 Å². The smallest absolute Gasteiger partial charge is 0.240 e. The van der Waals surface area contributed by atoms with Crippen LogP contribution in [0.1, 0.15) is 30.6 Å². The minimum Gasteiger partial charge on any atom is -0.309 e. The number of ketones is 1. The lowest BCUT2D eigenvalue weighted by atomic mass is 10.2. The van der Waals surface area contributed by atoms with Crippen LogP contribution in [0.15, 0.2) is 29.2 Å². The van der Waals surface area contributed by atoms with Crippen molar-refractivity contribution in [3.05, 3.63) is 29.8 Å². The number of benzene rings is 1. The van der Waals surface area contributed by atoms with E-state index >= 15 is 0 Å². The van der Waals surface area contributed by atoms with Crippen LogP contribution in [0.25, 0.3) is 0 Å². The molecule has 0 fully saturated rings. The van der Waals surface area contributed by atoms with E-state index in [0.717, 1.165) is 13.0 Å². The van der Waals surface area contributed by atoms with Gasteiger partial charge in [0.1, 0.15) is 0 Å². The second-order valence-corrected chi connectivity index (χ2v) is 6.91. The first kappa shape index (κ1) is 16.8. The van der Waals surface area contributed by atoms with Gasteiger partial charge in [-0.25, -0.2) is 13.1 Å². The highest BCUT2D eigenvalue weighted by molar-refractivity contribution is 7.89. The zero-order valence-electron chi connectivity index (χ0n) is 12.4. The molecule has 112 valence electrons. The average Bonchev–Trinajstić information content (AvgIpc) is 2.36. The average molecular weight is 298 g/mol. The lowest BCUT2D eigenvalue weighted by Crippen LogP contribution is -2.34. The second-order valence-electron chi connectivity index (χ2n) is 5.19. The first-order chi connectivity index (χ1) is 9.22. The van der Waals surface area contributed by atoms with Crippen molar-refractivity contribution in [2.24, 2.45) is 0 Å². The molecule has 1 unspecified atom stereocenters. The molecular formula is C14H22N2O3S. The summed E-state index contributed by atoms with van der Waals surface area (Å²) in [7, 11) is 0.363. The fourth-order valence-electron chi connectivity index (χ4n) is 1.71. The Labute approximate surface area is 121 Å². The van der Waals surface area contributed by atoms with Gasteiger partial charge in [0.2, 0.25) is 10.0 Å². The number of rotatable bonds is 7. The summed E-state index contributed by atoms with van der Waals surface area (Å²) in [6.45, 7) is 4.10. The Kier molecular flexibility index (Phi) is 5.86. The molecular weight excluding hydrogens is 276 g/mol. The van der Waals surface area contributed by atoms with Gasteiger partial charge in [-0.15, -0.1) is 0 Å². The Balaban J connectivity index is 2.75. The molecule has 1 atom stereocenters. The van der Waals surface area contributed by atoms with Crippen LogP contribution in [0.4, 0.5) is 0 Å². The minimum atomic E-state index is -3.53. The van der Waals surface area contributed by atoms with Crippen molar-refractivity contribution >= 4 is 15.8 Å². The lowest BCUT2D eigenvalue weighted by Gasteiger charge is -2.16. The fourth-order valence-corrected chi connectivity index (χ4v) is 2.99. The van der Waals surface area contributed by atoms with Gasteiger partial charge in [-0.1, -0.05) is 12.1 Å². The Hall–Kier alpha value is -1.24. The SMILES string of the molecule is CC(=O)c1ccc(S(=O)(=O)NC(C)CCN(C)C)cc1. The minimum absolute atomic E-state index is 0.0822. The van der Waals surface area contributed by atoms with Crippen molar-refractivity contribution in [3.63, 3.8) is 0 Å². The standard InChI is InChI=1S/C14H22N2O3S/c1-11(9-10-16(3)4)15-20(18,19)14-7-5-13(6-8-14)12(2)17/h5-8,11,15H,9-10H2,1-4H3. The van der Waals surface area contributed by atoms with Crippen LogP contribution in [0, 0.1) is 0 Å². The molecule has 0 saturated carbocycles. The third kappa shape index (κ3) is 5.03. The summed E-state index contributed by atoms with van der Waals surface area (Å²) in [6.07, 6.45) is 0.734. The van der Waals surface area contributed by atoms with Crippen LogP contribution in [0.2, 0.25) is 0 Å². The van der Waals surface area contributed by atoms with Crippen LogP contribution < -0.4 is 4.72 Å². The van der Waals surface area contributed by atoms with Gasteiger partial charge in [0, 0.05) is 11.6 Å². The first-order valence-electron chi connectivity index (χ1n) is 6.50. The zero-order chi connectivity index (χ0) is 15.3. The Bertz CT molecular complexity index is 550. The van der Waals surface area contributed by atoms with Gasteiger partial charge in [0.15, 0.2) is 5.78 Å². The molecule has 0 aromatic heterocycles. The van der Waals surface area contributed by atoms with Gasteiger partial charge in [0.25, 0.3) is 0 Å². The third-order valence-corrected chi connectivity index (χ3v) is 4.54. The zero-order valence-corrected chi connectivity index (χ0v) is 13.2. The maximum absolute atomic E-state index is 12.2. The van der Waals surface area contributed by atoms with E-state index in [4.69, 9.17) is 0 Å². The molecule has 1 rings (SSSR count). The Morgan fingerprint density at radius 1 is 1.25 bits per heavy atom. The maximum Gasteiger partial charge on any atom is 0.240 e. The van der Waals surface area contributed by atoms with Gasteiger partial charge < -0.3 is 4.90 Å². The molecule has 0 saturated heterocycles. The summed E-state index contributed by atoms with van der Waals surface area (Å²) in [6, 6.07) is 5.83. The maximum atomic E-state index is 12.2. The van der Waals surface area contributed by atoms with Crippen LogP contribution in [-0.2, 0) is 10.0 Å². The number of hydrogen-bond acceptors (Lipinski definition) is 4. The number of sulfonamides is 1. The molecule has 0 bridgehead atoms. The summed E-state index contributed by atoms with van der Waals surface area (Å²) in [5.41, 5.74) is 0.504. The molecule has 0 aliphatic carbocycles. The van der Waals surface area contributed by atoms with Crippen LogP contribution in [-0.4, -0.2) is 45.8 Å². The highest BCUT2D eigenvalue weighted by Crippen LogP contribution is 2.12. The highest BCUT2D eigenvalue weighted by atomic mass is 32.2. The third-order valence-electron chi connectivity index (χ3n) is 2.94. The second kappa shape index (κ2) is 6.97. The quantitative estimate of drug-likeness (QED) is 0.775. The van der Waals surface area contributed by atoms with E-state index in [2.05, 4.69) is 4.72 Å². The van der Waals surface area contributed by atoms with Crippen LogP contribution >= 0.6 is 0 Å². The van der Waals surface area contributed by atoms with Gasteiger partial charge in [0.05, 0.1) is 4.90 Å². The predicted octanol–water partition coefficient (Wildman–Crippen LogP) is 1.51. The monoisotopic (exact) mass is 298 g/mol. The molecule has 0 amide bonds. The summed E-state index contributed by atoms with van der Waals surface area (Å²) < 4.78 is 27.0. The van der Waals surface area contributed by atoms with Gasteiger partial charge >= 0.3 is 0 Å². The summed E-state index contributed by atoms with van der Waals surface area (Å²) >= 11 is 0. The molecule has 1 aromatic rings. The topological polar surface area (TPSA) is 66.5 Å². The number of nitrogens with zero attached hydrogens (tertiary/aromatic N) is 1. The van der Waals surface area contributed by atoms with E-state index in [-0.39, 0.29) is 16.7 Å². The van der Waals surface area contributed by atoms with Crippen molar-refractivity contribution < 1.29 is 13.2 Å². The number of nitrogens with one attached hydrogen (secondary N) is 1. The normalized spacial score (nSPS) is 13.4. The Morgan fingerprint density at radius 3 is 2.25 bits per heavy atom. The number of Topliss-reactive ketones (excluding diaryl/α,β-unsaturated/α-hetero) is 1. The van der Waals surface area contributed by atoms with Crippen molar-refractivity contribution in [2.75, 3.05) is 20.6 Å². The summed E-state index contributed by atoms with van der Waals surface area (Å²) in [5, 5.41) is 0. The molecule has 0 heterocycles. The summed E-state index contributed by atoms with van der Waals surface area (Å²) in [4.78, 5) is 13.3. The molecule has 0 aliphatic rings. The molecule has 0 aliphatic heterocycles. The number of carbonyl (C=O) groups excluding carboxylic acids is 1. The van der Waals surface area contributed by atoms with Crippen LogP contribution in [0.3, 0.4) is 0 Å². The molecule has 5 nitrogen and oxygen atoms in total. The number of carbonyl (C=O) groups is 1. The van der Waals surface area contributed by atoms with Crippen LogP contribution in [0.5, 0.6) is 0 Å². The van der Waals surface area contributed by atoms with Crippen molar-refractivity contribution in [3.8, 4) is 0 Å². The van der Waals surface area contributed by atoms with Crippen molar-refractivity contribution in [1.82, 2.24) is 9.62 Å². The predicted molar refractivity (Wildman–Crippen MR) is 79.4 cm³/mol. The molecule has 0 spiro atoms. The fraction of sp³-hybridized carbons (Fsp3) is 0.500. The molecule has 0 radical (unpaired) electrons. The van der Waals surface area contributed by atoms with E-state index < -0.39 is 10.0 Å². The van der Waals surface area contributed by atoms with E-state index in [1.165, 1.54) is 31.2 Å². The van der Waals surface area contributed by atoms with Gasteiger partial charge in [-0.2, -0.15) is 0 Å². The Morgan fingerprint density at radius 2 is 1.80 bits per heavy atom. The van der Waals surface area contributed by atoms with E-state index in [9.17, 15) is 13.2 Å². The van der Waals surface area contributed by atoms with Crippen molar-refractivity contribution in [2.45, 2.75) is 31.2 Å². The highest BCUT2D eigenvalue weighted by Gasteiger charge is 2.17. The first-order valence-corrected chi connectivity index (χ1v) is 7.99. The van der Waals surface area contributed by atoms with Gasteiger partial charge in [-0.3, -0.25) is 4.79 Å². The molecule has 1 aromatic carbocycles. The number of hydrogen-bond donors (Lipinski definition) is 1. The van der Waals surface area contributed by atoms with E-state index in [1.807, 2.05) is 25.9 Å². The molecule has 6 heteroatoms. The van der Waals surface area contributed by atoms with E-state index in [0.29, 0.717) is 5.56 Å². The largest absolute Gasteiger partial charge is 0.309 e. The molecule has 20 heavy (non-hydrogen) atoms.